The zero-order valence-corrected chi connectivity index (χ0v) is 8.69. The third-order valence-corrected chi connectivity index (χ3v) is 2.67. The summed E-state index contributed by atoms with van der Waals surface area (Å²) in [4.78, 5) is 17.2. The molecule has 6 nitrogen and oxygen atoms in total. The molecule has 1 heterocycles. The lowest BCUT2D eigenvalue weighted by atomic mass is 10.1. The molecule has 1 saturated heterocycles. The van der Waals surface area contributed by atoms with Crippen LogP contribution in [0.1, 0.15) is 19.3 Å². The molecule has 0 saturated carbocycles. The Bertz CT molecular complexity index is 218. The number of hydrogen-bond acceptors (Lipinski definition) is 4. The molecule has 0 bridgehead atoms. The van der Waals surface area contributed by atoms with Crippen LogP contribution >= 0.6 is 7.60 Å². The van der Waals surface area contributed by atoms with Crippen LogP contribution in [0, 0.1) is 0 Å². The van der Waals surface area contributed by atoms with Crippen molar-refractivity contribution in [3.63, 3.8) is 0 Å². The van der Waals surface area contributed by atoms with Gasteiger partial charge in [-0.25, -0.2) is 0 Å². The Hall–Kier alpha value is 0.0300. The first-order valence-electron chi connectivity index (χ1n) is 4.55. The van der Waals surface area contributed by atoms with E-state index < -0.39 is 7.60 Å². The molecule has 84 valence electrons. The van der Waals surface area contributed by atoms with Crippen LogP contribution in [-0.2, 0) is 9.30 Å². The van der Waals surface area contributed by atoms with Gasteiger partial charge in [0.05, 0.1) is 12.7 Å². The number of aliphatic hydroxyl groups is 1. The van der Waals surface area contributed by atoms with Crippen molar-refractivity contribution in [2.24, 2.45) is 0 Å². The second-order valence-electron chi connectivity index (χ2n) is 3.39. The minimum Gasteiger partial charge on any atom is -0.394 e. The average molecular weight is 225 g/mol. The van der Waals surface area contributed by atoms with E-state index in [1.54, 1.807) is 0 Å². The molecule has 0 aromatic carbocycles. The van der Waals surface area contributed by atoms with Crippen molar-refractivity contribution in [3.05, 3.63) is 0 Å². The van der Waals surface area contributed by atoms with Gasteiger partial charge in [-0.05, 0) is 19.3 Å². The summed E-state index contributed by atoms with van der Waals surface area (Å²) < 4.78 is 15.9. The normalized spacial score (nSPS) is 29.1. The van der Waals surface area contributed by atoms with Crippen LogP contribution in [0.2, 0.25) is 0 Å². The lowest BCUT2D eigenvalue weighted by Crippen LogP contribution is -2.40. The van der Waals surface area contributed by atoms with Gasteiger partial charge in [0.1, 0.15) is 12.5 Å². The molecular weight excluding hydrogens is 209 g/mol. The zero-order valence-electron chi connectivity index (χ0n) is 7.80. The second kappa shape index (κ2) is 5.21. The van der Waals surface area contributed by atoms with Crippen LogP contribution < -0.4 is 5.32 Å². The maximum atomic E-state index is 10.6. The molecule has 2 atom stereocenters. The van der Waals surface area contributed by atoms with Gasteiger partial charge >= 0.3 is 7.60 Å². The monoisotopic (exact) mass is 225 g/mol. The maximum Gasteiger partial charge on any atom is 0.339 e. The first kappa shape index (κ1) is 12.1. The largest absolute Gasteiger partial charge is 0.394 e. The SMILES string of the molecule is O=P(O)(O)CN[C@H]1CCCC(CO)O1. The van der Waals surface area contributed by atoms with Crippen molar-refractivity contribution in [1.29, 1.82) is 0 Å². The number of rotatable bonds is 4. The Labute approximate surface area is 82.4 Å². The van der Waals surface area contributed by atoms with Crippen LogP contribution in [-0.4, -0.2) is 40.1 Å². The summed E-state index contributed by atoms with van der Waals surface area (Å²) in [6.45, 7) is -0.0475. The van der Waals surface area contributed by atoms with Crippen LogP contribution in [0.25, 0.3) is 0 Å². The first-order valence-corrected chi connectivity index (χ1v) is 6.35. The van der Waals surface area contributed by atoms with E-state index in [4.69, 9.17) is 19.6 Å². The van der Waals surface area contributed by atoms with Crippen LogP contribution in [0.15, 0.2) is 0 Å². The van der Waals surface area contributed by atoms with E-state index in [0.717, 1.165) is 19.3 Å². The van der Waals surface area contributed by atoms with Gasteiger partial charge in [-0.2, -0.15) is 0 Å². The lowest BCUT2D eigenvalue weighted by Gasteiger charge is -2.29. The van der Waals surface area contributed by atoms with Crippen molar-refractivity contribution in [2.45, 2.75) is 31.6 Å². The lowest BCUT2D eigenvalue weighted by molar-refractivity contribution is -0.0838. The summed E-state index contributed by atoms with van der Waals surface area (Å²) >= 11 is 0. The van der Waals surface area contributed by atoms with Crippen LogP contribution in [0.4, 0.5) is 0 Å². The zero-order chi connectivity index (χ0) is 10.6. The highest BCUT2D eigenvalue weighted by molar-refractivity contribution is 7.51. The molecule has 7 heteroatoms. The van der Waals surface area contributed by atoms with Gasteiger partial charge in [-0.3, -0.25) is 9.88 Å². The van der Waals surface area contributed by atoms with E-state index in [9.17, 15) is 4.57 Å². The summed E-state index contributed by atoms with van der Waals surface area (Å²) in [6.07, 6.45) is 1.47. The Morgan fingerprint density at radius 2 is 2.14 bits per heavy atom. The van der Waals surface area contributed by atoms with E-state index in [2.05, 4.69) is 5.32 Å². The third kappa shape index (κ3) is 4.50. The van der Waals surface area contributed by atoms with E-state index in [1.807, 2.05) is 0 Å². The fourth-order valence-corrected chi connectivity index (χ4v) is 1.85. The highest BCUT2D eigenvalue weighted by atomic mass is 31.2. The number of aliphatic hydroxyl groups excluding tert-OH is 1. The van der Waals surface area contributed by atoms with Crippen molar-refractivity contribution in [1.82, 2.24) is 5.32 Å². The fraction of sp³-hybridized carbons (Fsp3) is 1.00. The summed E-state index contributed by atoms with van der Waals surface area (Å²) in [5, 5.41) is 11.5. The molecule has 0 aliphatic carbocycles. The molecule has 0 radical (unpaired) electrons. The van der Waals surface area contributed by atoms with Gasteiger partial charge in [0.25, 0.3) is 0 Å². The smallest absolute Gasteiger partial charge is 0.339 e. The van der Waals surface area contributed by atoms with Gasteiger partial charge in [-0.1, -0.05) is 0 Å². The van der Waals surface area contributed by atoms with Crippen molar-refractivity contribution < 1.29 is 24.2 Å². The average Bonchev–Trinajstić information content (AvgIpc) is 2.14. The minimum atomic E-state index is -4.01. The number of nitrogens with one attached hydrogen (secondary N) is 1. The molecule has 0 amide bonds. The summed E-state index contributed by atoms with van der Waals surface area (Å²) in [5.74, 6) is 0. The molecule has 1 aliphatic rings. The summed E-state index contributed by atoms with van der Waals surface area (Å²) in [7, 11) is -4.01. The standard InChI is InChI=1S/C7H16NO5P/c9-4-6-2-1-3-7(13-6)8-5-14(10,11)12/h6-9H,1-5H2,(H2,10,11,12)/t6?,7-/m1/s1. The molecule has 0 aromatic heterocycles. The van der Waals surface area contributed by atoms with Gasteiger partial charge < -0.3 is 19.6 Å². The molecule has 1 aliphatic heterocycles. The van der Waals surface area contributed by atoms with Crippen molar-refractivity contribution in [3.8, 4) is 0 Å². The highest BCUT2D eigenvalue weighted by Gasteiger charge is 2.23. The van der Waals surface area contributed by atoms with E-state index in [1.165, 1.54) is 0 Å². The van der Waals surface area contributed by atoms with Crippen LogP contribution in [0.3, 0.4) is 0 Å². The van der Waals surface area contributed by atoms with E-state index >= 15 is 0 Å². The molecule has 1 unspecified atom stereocenters. The Morgan fingerprint density at radius 1 is 1.43 bits per heavy atom. The van der Waals surface area contributed by atoms with E-state index in [0.29, 0.717) is 0 Å². The first-order chi connectivity index (χ1) is 6.51. The molecule has 1 rings (SSSR count). The second-order valence-corrected chi connectivity index (χ2v) is 5.03. The Morgan fingerprint density at radius 3 is 2.71 bits per heavy atom. The highest BCUT2D eigenvalue weighted by Crippen LogP contribution is 2.32. The molecule has 1 fully saturated rings. The number of hydrogen-bond donors (Lipinski definition) is 4. The van der Waals surface area contributed by atoms with Crippen LogP contribution in [0.5, 0.6) is 0 Å². The molecule has 0 spiro atoms. The van der Waals surface area contributed by atoms with Gasteiger partial charge in [0, 0.05) is 0 Å². The quantitative estimate of drug-likeness (QED) is 0.486. The van der Waals surface area contributed by atoms with Gasteiger partial charge in [0.15, 0.2) is 0 Å². The predicted molar refractivity (Wildman–Crippen MR) is 49.6 cm³/mol. The predicted octanol–water partition coefficient (Wildman–Crippen LogP) is -0.401. The molecule has 14 heavy (non-hydrogen) atoms. The van der Waals surface area contributed by atoms with Gasteiger partial charge in [-0.15, -0.1) is 0 Å². The van der Waals surface area contributed by atoms with E-state index in [-0.39, 0.29) is 25.2 Å². The minimum absolute atomic E-state index is 0.0475. The number of ether oxygens (including phenoxy) is 1. The molecule has 4 N–H and O–H groups in total. The molecular formula is C7H16NO5P. The topological polar surface area (TPSA) is 99.0 Å². The third-order valence-electron chi connectivity index (χ3n) is 2.08. The van der Waals surface area contributed by atoms with Crippen molar-refractivity contribution >= 4 is 7.60 Å². The van der Waals surface area contributed by atoms with Crippen molar-refractivity contribution in [2.75, 3.05) is 12.9 Å². The molecule has 0 aromatic rings. The Kier molecular flexibility index (Phi) is 4.50. The Balaban J connectivity index is 2.27. The summed E-state index contributed by atoms with van der Waals surface area (Å²) in [5.41, 5.74) is 0. The fourth-order valence-electron chi connectivity index (χ4n) is 1.40. The maximum absolute atomic E-state index is 10.6. The van der Waals surface area contributed by atoms with Gasteiger partial charge in [0.2, 0.25) is 0 Å². The summed E-state index contributed by atoms with van der Waals surface area (Å²) in [6, 6.07) is 0.